The van der Waals surface area contributed by atoms with E-state index in [1.165, 1.54) is 0 Å². The lowest BCUT2D eigenvalue weighted by molar-refractivity contribution is 0.576. The second kappa shape index (κ2) is 5.28. The minimum Gasteiger partial charge on any atom is -0.361 e. The highest BCUT2D eigenvalue weighted by Crippen LogP contribution is 2.24. The van der Waals surface area contributed by atoms with Crippen LogP contribution in [0.4, 0.5) is 20.4 Å². The third-order valence-corrected chi connectivity index (χ3v) is 3.16. The van der Waals surface area contributed by atoms with Crippen LogP contribution in [-0.4, -0.2) is 4.98 Å². The molecule has 18 heavy (non-hydrogen) atoms. The molecular formula is C11H12F2N4S. The van der Waals surface area contributed by atoms with Crippen LogP contribution < -0.4 is 16.6 Å². The number of rotatable bonds is 4. The Labute approximate surface area is 107 Å². The molecule has 0 amide bonds. The number of pyridine rings is 1. The maximum atomic E-state index is 13.5. The SMILES string of the molecule is CC(Nc1nc(NN)c(F)cc1F)c1ccsc1. The van der Waals surface area contributed by atoms with Gasteiger partial charge in [0.25, 0.3) is 0 Å². The second-order valence-corrected chi connectivity index (χ2v) is 4.50. The van der Waals surface area contributed by atoms with E-state index in [1.807, 2.05) is 23.8 Å². The summed E-state index contributed by atoms with van der Waals surface area (Å²) in [6.45, 7) is 1.86. The molecule has 0 spiro atoms. The van der Waals surface area contributed by atoms with Crippen molar-refractivity contribution >= 4 is 23.0 Å². The minimum absolute atomic E-state index is 0.0388. The molecule has 0 saturated heterocycles. The first-order chi connectivity index (χ1) is 8.61. The average molecular weight is 270 g/mol. The fraction of sp³-hybridized carbons (Fsp3) is 0.182. The molecule has 96 valence electrons. The number of hydrogen-bond donors (Lipinski definition) is 3. The molecule has 0 fully saturated rings. The normalized spacial score (nSPS) is 12.2. The summed E-state index contributed by atoms with van der Waals surface area (Å²) in [5.74, 6) is 3.27. The molecule has 0 bridgehead atoms. The van der Waals surface area contributed by atoms with Gasteiger partial charge in [-0.05, 0) is 29.3 Å². The van der Waals surface area contributed by atoms with Gasteiger partial charge in [0.15, 0.2) is 23.3 Å². The van der Waals surface area contributed by atoms with Crippen molar-refractivity contribution in [3.8, 4) is 0 Å². The van der Waals surface area contributed by atoms with Crippen LogP contribution in [0.1, 0.15) is 18.5 Å². The molecule has 1 atom stereocenters. The Hall–Kier alpha value is -1.73. The molecule has 2 rings (SSSR count). The molecule has 7 heteroatoms. The summed E-state index contributed by atoms with van der Waals surface area (Å²) < 4.78 is 26.7. The van der Waals surface area contributed by atoms with Crippen LogP contribution in [0.15, 0.2) is 22.9 Å². The van der Waals surface area contributed by atoms with E-state index >= 15 is 0 Å². The quantitative estimate of drug-likeness (QED) is 0.590. The Bertz CT molecular complexity index is 530. The lowest BCUT2D eigenvalue weighted by atomic mass is 10.2. The van der Waals surface area contributed by atoms with E-state index in [9.17, 15) is 8.78 Å². The van der Waals surface area contributed by atoms with Crippen molar-refractivity contribution in [1.82, 2.24) is 4.98 Å². The summed E-state index contributed by atoms with van der Waals surface area (Å²) in [4.78, 5) is 3.75. The number of anilines is 2. The van der Waals surface area contributed by atoms with E-state index < -0.39 is 11.6 Å². The summed E-state index contributed by atoms with van der Waals surface area (Å²) >= 11 is 1.55. The molecule has 0 saturated carbocycles. The van der Waals surface area contributed by atoms with E-state index in [0.717, 1.165) is 11.6 Å². The van der Waals surface area contributed by atoms with E-state index in [-0.39, 0.29) is 17.7 Å². The van der Waals surface area contributed by atoms with Crippen LogP contribution in [0.3, 0.4) is 0 Å². The molecule has 2 aromatic heterocycles. The summed E-state index contributed by atoms with van der Waals surface area (Å²) in [6.07, 6.45) is 0. The van der Waals surface area contributed by atoms with Crippen LogP contribution in [0, 0.1) is 11.6 Å². The van der Waals surface area contributed by atoms with Crippen molar-refractivity contribution in [1.29, 1.82) is 0 Å². The minimum atomic E-state index is -0.830. The number of nitrogens with zero attached hydrogens (tertiary/aromatic N) is 1. The molecule has 1 unspecified atom stereocenters. The van der Waals surface area contributed by atoms with Crippen LogP contribution >= 0.6 is 11.3 Å². The highest BCUT2D eigenvalue weighted by molar-refractivity contribution is 7.07. The van der Waals surface area contributed by atoms with E-state index in [2.05, 4.69) is 15.7 Å². The highest BCUT2D eigenvalue weighted by Gasteiger charge is 2.14. The predicted octanol–water partition coefficient (Wildman–Crippen LogP) is 2.88. The Morgan fingerprint density at radius 2 is 2.06 bits per heavy atom. The van der Waals surface area contributed by atoms with Crippen LogP contribution in [0.5, 0.6) is 0 Å². The molecule has 2 heterocycles. The second-order valence-electron chi connectivity index (χ2n) is 3.72. The Kier molecular flexibility index (Phi) is 3.73. The number of nitrogens with one attached hydrogen (secondary N) is 2. The summed E-state index contributed by atoms with van der Waals surface area (Å²) in [7, 11) is 0. The van der Waals surface area contributed by atoms with Gasteiger partial charge in [-0.2, -0.15) is 11.3 Å². The van der Waals surface area contributed by atoms with Crippen molar-refractivity contribution < 1.29 is 8.78 Å². The molecule has 2 aromatic rings. The molecule has 0 aliphatic carbocycles. The van der Waals surface area contributed by atoms with Crippen molar-refractivity contribution in [2.75, 3.05) is 10.7 Å². The zero-order valence-electron chi connectivity index (χ0n) is 9.58. The van der Waals surface area contributed by atoms with Crippen LogP contribution in [0.2, 0.25) is 0 Å². The lowest BCUT2D eigenvalue weighted by Gasteiger charge is -2.14. The average Bonchev–Trinajstić information content (AvgIpc) is 2.86. The predicted molar refractivity (Wildman–Crippen MR) is 68.3 cm³/mol. The third kappa shape index (κ3) is 2.57. The molecular weight excluding hydrogens is 258 g/mol. The van der Waals surface area contributed by atoms with Gasteiger partial charge in [0.05, 0.1) is 6.04 Å². The van der Waals surface area contributed by atoms with E-state index in [0.29, 0.717) is 0 Å². The number of nitrogens with two attached hydrogens (primary N) is 1. The molecule has 0 aromatic carbocycles. The monoisotopic (exact) mass is 270 g/mol. The van der Waals surface area contributed by atoms with Crippen LogP contribution in [-0.2, 0) is 0 Å². The molecule has 4 N–H and O–H groups in total. The van der Waals surface area contributed by atoms with Gasteiger partial charge in [-0.1, -0.05) is 0 Å². The summed E-state index contributed by atoms with van der Waals surface area (Å²) in [5.41, 5.74) is 3.09. The van der Waals surface area contributed by atoms with Gasteiger partial charge in [-0.25, -0.2) is 19.6 Å². The number of aromatic nitrogens is 1. The zero-order valence-corrected chi connectivity index (χ0v) is 10.4. The number of nitrogen functional groups attached to an aromatic ring is 1. The van der Waals surface area contributed by atoms with Crippen molar-refractivity contribution in [2.24, 2.45) is 5.84 Å². The van der Waals surface area contributed by atoms with Crippen molar-refractivity contribution in [3.63, 3.8) is 0 Å². The maximum Gasteiger partial charge on any atom is 0.178 e. The summed E-state index contributed by atoms with van der Waals surface area (Å²) in [6, 6.07) is 2.53. The first kappa shape index (κ1) is 12.7. The first-order valence-electron chi connectivity index (χ1n) is 5.23. The Balaban J connectivity index is 2.23. The zero-order chi connectivity index (χ0) is 13.1. The molecule has 4 nitrogen and oxygen atoms in total. The van der Waals surface area contributed by atoms with E-state index in [1.54, 1.807) is 11.3 Å². The topological polar surface area (TPSA) is 63.0 Å². The molecule has 0 radical (unpaired) electrons. The van der Waals surface area contributed by atoms with E-state index in [4.69, 9.17) is 5.84 Å². The molecule has 0 aliphatic rings. The summed E-state index contributed by atoms with van der Waals surface area (Å²) in [5, 5.41) is 6.74. The van der Waals surface area contributed by atoms with Gasteiger partial charge in [0.1, 0.15) is 0 Å². The maximum absolute atomic E-state index is 13.5. The largest absolute Gasteiger partial charge is 0.361 e. The third-order valence-electron chi connectivity index (χ3n) is 2.46. The Morgan fingerprint density at radius 1 is 1.33 bits per heavy atom. The molecule has 0 aliphatic heterocycles. The van der Waals surface area contributed by atoms with Crippen molar-refractivity contribution in [2.45, 2.75) is 13.0 Å². The van der Waals surface area contributed by atoms with Gasteiger partial charge in [-0.15, -0.1) is 0 Å². The van der Waals surface area contributed by atoms with Gasteiger partial charge in [0, 0.05) is 6.07 Å². The standard InChI is InChI=1S/C11H12F2N4S/c1-6(7-2-3-18-5-7)15-10-8(12)4-9(13)11(16-10)17-14/h2-6H,14H2,1H3,(H2,15,16,17). The highest BCUT2D eigenvalue weighted by atomic mass is 32.1. The van der Waals surface area contributed by atoms with Crippen molar-refractivity contribution in [3.05, 3.63) is 40.1 Å². The number of hydrazine groups is 1. The Morgan fingerprint density at radius 3 is 2.67 bits per heavy atom. The van der Waals surface area contributed by atoms with Crippen LogP contribution in [0.25, 0.3) is 0 Å². The lowest BCUT2D eigenvalue weighted by Crippen LogP contribution is -2.14. The van der Waals surface area contributed by atoms with Gasteiger partial charge in [-0.3, -0.25) is 0 Å². The fourth-order valence-electron chi connectivity index (χ4n) is 1.48. The number of thiophene rings is 1. The van der Waals surface area contributed by atoms with Gasteiger partial charge < -0.3 is 10.7 Å². The smallest absolute Gasteiger partial charge is 0.178 e. The first-order valence-corrected chi connectivity index (χ1v) is 6.17. The van der Waals surface area contributed by atoms with Gasteiger partial charge >= 0.3 is 0 Å². The number of halogens is 2. The van der Waals surface area contributed by atoms with Gasteiger partial charge in [0.2, 0.25) is 0 Å². The number of hydrogen-bond acceptors (Lipinski definition) is 5. The fourth-order valence-corrected chi connectivity index (χ4v) is 2.23.